The number of nitrogens with one attached hydrogen (secondary N) is 2. The zero-order valence-electron chi connectivity index (χ0n) is 16.7. The molecule has 0 spiro atoms. The van der Waals surface area contributed by atoms with Crippen LogP contribution in [0.3, 0.4) is 0 Å². The van der Waals surface area contributed by atoms with E-state index in [-0.39, 0.29) is 24.1 Å². The summed E-state index contributed by atoms with van der Waals surface area (Å²) in [5.74, 6) is -0.774. The number of esters is 1. The normalized spacial score (nSPS) is 10.4. The lowest BCUT2D eigenvalue weighted by Gasteiger charge is -2.22. The van der Waals surface area contributed by atoms with Crippen molar-refractivity contribution in [3.63, 3.8) is 0 Å². The van der Waals surface area contributed by atoms with Gasteiger partial charge in [0.25, 0.3) is 0 Å². The summed E-state index contributed by atoms with van der Waals surface area (Å²) < 4.78 is 4.74. The van der Waals surface area contributed by atoms with E-state index < -0.39 is 5.97 Å². The Kier molecular flexibility index (Phi) is 7.31. The first-order valence-electron chi connectivity index (χ1n) is 9.12. The van der Waals surface area contributed by atoms with Crippen molar-refractivity contribution in [2.45, 2.75) is 27.2 Å². The fourth-order valence-corrected chi connectivity index (χ4v) is 3.04. The van der Waals surface area contributed by atoms with E-state index >= 15 is 0 Å². The maximum Gasteiger partial charge on any atom is 0.354 e. The molecule has 2 heterocycles. The molecule has 2 amide bonds. The van der Waals surface area contributed by atoms with Gasteiger partial charge < -0.3 is 19.9 Å². The smallest absolute Gasteiger partial charge is 0.354 e. The second-order valence-electron chi connectivity index (χ2n) is 6.37. The van der Waals surface area contributed by atoms with Gasteiger partial charge >= 0.3 is 12.0 Å². The number of carbonyl (C=O) groups is 3. The number of nitrogens with zero attached hydrogens (tertiary/aromatic N) is 2. The van der Waals surface area contributed by atoms with Gasteiger partial charge in [0.05, 0.1) is 13.7 Å². The van der Waals surface area contributed by atoms with Crippen LogP contribution in [-0.2, 0) is 11.2 Å². The first-order chi connectivity index (χ1) is 13.4. The number of aryl methyl sites for hydroxylation is 1. The number of ether oxygens (including phenoxy) is 1. The van der Waals surface area contributed by atoms with Gasteiger partial charge in [-0.1, -0.05) is 6.07 Å². The van der Waals surface area contributed by atoms with Crippen molar-refractivity contribution in [3.8, 4) is 0 Å². The van der Waals surface area contributed by atoms with Gasteiger partial charge in [0.1, 0.15) is 5.69 Å². The number of hydrogen-bond acceptors (Lipinski definition) is 5. The zero-order valence-corrected chi connectivity index (χ0v) is 16.7. The number of rotatable bonds is 8. The quantitative estimate of drug-likeness (QED) is 0.535. The molecule has 8 heteroatoms. The van der Waals surface area contributed by atoms with Gasteiger partial charge in [-0.2, -0.15) is 0 Å². The molecular formula is C20H26N4O4. The van der Waals surface area contributed by atoms with Crippen LogP contribution in [0.15, 0.2) is 24.4 Å². The summed E-state index contributed by atoms with van der Waals surface area (Å²) in [6.45, 7) is 5.94. The van der Waals surface area contributed by atoms with Crippen LogP contribution in [0.4, 0.5) is 4.79 Å². The molecule has 0 saturated heterocycles. The van der Waals surface area contributed by atoms with E-state index in [1.807, 2.05) is 25.1 Å². The Bertz CT molecular complexity index is 845. The van der Waals surface area contributed by atoms with Crippen LogP contribution in [0.2, 0.25) is 0 Å². The van der Waals surface area contributed by atoms with Gasteiger partial charge in [-0.15, -0.1) is 0 Å². The van der Waals surface area contributed by atoms with E-state index in [2.05, 4.69) is 15.3 Å². The molecule has 8 nitrogen and oxygen atoms in total. The van der Waals surface area contributed by atoms with E-state index in [9.17, 15) is 14.4 Å². The van der Waals surface area contributed by atoms with Crippen LogP contribution in [0.25, 0.3) is 0 Å². The fraction of sp³-hybridized carbons (Fsp3) is 0.400. The molecule has 2 N–H and O–H groups in total. The Labute approximate surface area is 164 Å². The summed E-state index contributed by atoms with van der Waals surface area (Å²) in [4.78, 5) is 45.8. The van der Waals surface area contributed by atoms with Crippen molar-refractivity contribution in [2.24, 2.45) is 0 Å². The van der Waals surface area contributed by atoms with Gasteiger partial charge in [-0.25, -0.2) is 9.59 Å². The summed E-state index contributed by atoms with van der Waals surface area (Å²) in [5.41, 5.74) is 2.60. The van der Waals surface area contributed by atoms with Crippen molar-refractivity contribution in [3.05, 3.63) is 52.6 Å². The molecule has 0 aromatic carbocycles. The molecule has 0 aliphatic rings. The maximum atomic E-state index is 12.9. The zero-order chi connectivity index (χ0) is 20.7. The Morgan fingerprint density at radius 2 is 2.00 bits per heavy atom. The highest BCUT2D eigenvalue weighted by molar-refractivity contribution is 6.04. The molecule has 0 atom stereocenters. The topological polar surface area (TPSA) is 104 Å². The molecule has 150 valence electrons. The number of aromatic nitrogens is 2. The molecule has 0 unspecified atom stereocenters. The third-order valence-electron chi connectivity index (χ3n) is 4.42. The highest BCUT2D eigenvalue weighted by Gasteiger charge is 2.25. The maximum absolute atomic E-state index is 12.9. The van der Waals surface area contributed by atoms with Gasteiger partial charge in [0.15, 0.2) is 5.78 Å². The number of ketones is 1. The Balaban J connectivity index is 2.19. The van der Waals surface area contributed by atoms with E-state index in [1.165, 1.54) is 12.0 Å². The number of methoxy groups -OCH3 is 1. The molecule has 2 aromatic rings. The third kappa shape index (κ3) is 4.97. The first-order valence-corrected chi connectivity index (χ1v) is 9.12. The van der Waals surface area contributed by atoms with E-state index in [0.29, 0.717) is 36.3 Å². The van der Waals surface area contributed by atoms with Crippen molar-refractivity contribution < 1.29 is 19.1 Å². The van der Waals surface area contributed by atoms with Crippen LogP contribution in [0.5, 0.6) is 0 Å². The van der Waals surface area contributed by atoms with Crippen LogP contribution >= 0.6 is 0 Å². The predicted molar refractivity (Wildman–Crippen MR) is 105 cm³/mol. The number of Topliss-reactive ketones (excluding diaryl/α,β-unsaturated/α-hetero) is 1. The molecule has 0 saturated carbocycles. The largest absolute Gasteiger partial charge is 0.464 e. The van der Waals surface area contributed by atoms with Crippen LogP contribution in [-0.4, -0.2) is 59.4 Å². The lowest BCUT2D eigenvalue weighted by molar-refractivity contribution is 0.0593. The Morgan fingerprint density at radius 1 is 1.25 bits per heavy atom. The summed E-state index contributed by atoms with van der Waals surface area (Å²) in [6.07, 6.45) is 2.22. The second-order valence-corrected chi connectivity index (χ2v) is 6.37. The SMILES string of the molecule is CCNC(=O)N(CCc1ccccn1)CC(=O)c1c(C)[nH]c(C(=O)OC)c1C. The highest BCUT2D eigenvalue weighted by Crippen LogP contribution is 2.20. The van der Waals surface area contributed by atoms with Crippen LogP contribution < -0.4 is 5.32 Å². The summed E-state index contributed by atoms with van der Waals surface area (Å²) >= 11 is 0. The van der Waals surface area contributed by atoms with Crippen molar-refractivity contribution >= 4 is 17.8 Å². The third-order valence-corrected chi connectivity index (χ3v) is 4.42. The first kappa shape index (κ1) is 21.1. The molecule has 2 rings (SSSR count). The van der Waals surface area contributed by atoms with Crippen LogP contribution in [0, 0.1) is 13.8 Å². The number of urea groups is 1. The minimum Gasteiger partial charge on any atom is -0.464 e. The number of aromatic amines is 1. The minimum atomic E-state index is -0.532. The number of pyridine rings is 1. The van der Waals surface area contributed by atoms with Crippen LogP contribution in [0.1, 0.15) is 44.7 Å². The number of carbonyl (C=O) groups excluding carboxylic acids is 3. The van der Waals surface area contributed by atoms with E-state index in [0.717, 1.165) is 5.69 Å². The Hall–Kier alpha value is -3.16. The minimum absolute atomic E-state index is 0.0984. The van der Waals surface area contributed by atoms with Gasteiger partial charge in [-0.05, 0) is 38.5 Å². The lowest BCUT2D eigenvalue weighted by atomic mass is 10.1. The molecule has 0 bridgehead atoms. The monoisotopic (exact) mass is 386 g/mol. The standard InChI is InChI=1S/C20H26N4O4/c1-5-21-20(27)24(11-9-15-8-6-7-10-22-15)12-16(25)17-13(2)18(19(26)28-4)23-14(17)3/h6-8,10,23H,5,9,11-12H2,1-4H3,(H,21,27). The van der Waals surface area contributed by atoms with E-state index in [4.69, 9.17) is 4.74 Å². The molecule has 0 aliphatic carbocycles. The predicted octanol–water partition coefficient (Wildman–Crippen LogP) is 2.27. The molecular weight excluding hydrogens is 360 g/mol. The fourth-order valence-electron chi connectivity index (χ4n) is 3.04. The highest BCUT2D eigenvalue weighted by atomic mass is 16.5. The van der Waals surface area contributed by atoms with Gasteiger partial charge in [0, 0.05) is 42.7 Å². The van der Waals surface area contributed by atoms with Gasteiger partial charge in [-0.3, -0.25) is 9.78 Å². The number of amides is 2. The molecule has 0 aliphatic heterocycles. The second kappa shape index (κ2) is 9.68. The summed E-state index contributed by atoms with van der Waals surface area (Å²) in [6, 6.07) is 5.27. The molecule has 0 radical (unpaired) electrons. The summed E-state index contributed by atoms with van der Waals surface area (Å²) in [5, 5.41) is 2.73. The van der Waals surface area contributed by atoms with Gasteiger partial charge in [0.2, 0.25) is 0 Å². The molecule has 0 fully saturated rings. The average molecular weight is 386 g/mol. The van der Waals surface area contributed by atoms with Crippen molar-refractivity contribution in [2.75, 3.05) is 26.7 Å². The van der Waals surface area contributed by atoms with Crippen molar-refractivity contribution in [1.82, 2.24) is 20.2 Å². The average Bonchev–Trinajstić information content (AvgIpc) is 2.99. The molecule has 28 heavy (non-hydrogen) atoms. The number of hydrogen-bond donors (Lipinski definition) is 2. The lowest BCUT2D eigenvalue weighted by Crippen LogP contribution is -2.43. The molecule has 2 aromatic heterocycles. The Morgan fingerprint density at radius 3 is 2.61 bits per heavy atom. The van der Waals surface area contributed by atoms with Crippen molar-refractivity contribution in [1.29, 1.82) is 0 Å². The van der Waals surface area contributed by atoms with E-state index in [1.54, 1.807) is 20.0 Å². The number of H-pyrrole nitrogens is 1. The summed E-state index contributed by atoms with van der Waals surface area (Å²) in [7, 11) is 1.29.